The predicted molar refractivity (Wildman–Crippen MR) is 62.5 cm³/mol. The van der Waals surface area contributed by atoms with Crippen LogP contribution >= 0.6 is 18.9 Å². The summed E-state index contributed by atoms with van der Waals surface area (Å²) in [7, 11) is -4.19. The molecule has 1 rings (SSSR count). The number of anilines is 1. The molecule has 0 radical (unpaired) electrons. The topological polar surface area (TPSA) is 98.7 Å². The first-order chi connectivity index (χ1) is 7.38. The third-order valence-corrected chi connectivity index (χ3v) is 3.10. The zero-order valence-electron chi connectivity index (χ0n) is 8.58. The lowest BCUT2D eigenvalue weighted by atomic mass is 10.3. The molecule has 0 fully saturated rings. The fourth-order valence-corrected chi connectivity index (χ4v) is 2.04. The van der Waals surface area contributed by atoms with Crippen molar-refractivity contribution < 1.29 is 19.1 Å². The van der Waals surface area contributed by atoms with Crippen LogP contribution in [0.3, 0.4) is 0 Å². The van der Waals surface area contributed by atoms with Gasteiger partial charge in [0, 0.05) is 0 Å². The molecule has 0 saturated carbocycles. The third-order valence-electron chi connectivity index (χ3n) is 1.73. The van der Waals surface area contributed by atoms with Gasteiger partial charge in [-0.05, 0) is 24.4 Å². The van der Waals surface area contributed by atoms with E-state index in [1.54, 1.807) is 6.92 Å². The van der Waals surface area contributed by atoms with Crippen molar-refractivity contribution in [1.29, 1.82) is 0 Å². The van der Waals surface area contributed by atoms with Crippen LogP contribution in [0.2, 0.25) is 0 Å². The van der Waals surface area contributed by atoms with E-state index >= 15 is 0 Å². The summed E-state index contributed by atoms with van der Waals surface area (Å²) in [6.07, 6.45) is -0.637. The lowest BCUT2D eigenvalue weighted by molar-refractivity contribution is -0.121. The molecule has 16 heavy (non-hydrogen) atoms. The van der Waals surface area contributed by atoms with Crippen molar-refractivity contribution in [3.05, 3.63) is 17.5 Å². The Morgan fingerprint density at radius 2 is 2.31 bits per heavy atom. The first kappa shape index (κ1) is 13.2. The molecule has 0 spiro atoms. The molecule has 0 saturated heterocycles. The van der Waals surface area contributed by atoms with Crippen LogP contribution in [-0.4, -0.2) is 28.0 Å². The molecule has 1 aromatic heterocycles. The Morgan fingerprint density at radius 3 is 2.81 bits per heavy atom. The molecule has 8 heteroatoms. The molecular formula is C8H13N2O4PS. The molecule has 0 aliphatic heterocycles. The maximum atomic E-state index is 11.4. The van der Waals surface area contributed by atoms with E-state index in [2.05, 4.69) is 10.6 Å². The summed E-state index contributed by atoms with van der Waals surface area (Å²) in [6.45, 7) is 1.62. The minimum atomic E-state index is -4.19. The lowest BCUT2D eigenvalue weighted by Gasteiger charge is -2.14. The Balaban J connectivity index is 2.39. The number of carbonyl (C=O) groups excluding carboxylic acids is 1. The average Bonchev–Trinajstić information content (AvgIpc) is 2.65. The summed E-state index contributed by atoms with van der Waals surface area (Å²) in [6, 6.07) is 3.12. The number of hydrogen-bond donors (Lipinski definition) is 4. The number of carbonyl (C=O) groups is 1. The molecule has 6 nitrogen and oxygen atoms in total. The van der Waals surface area contributed by atoms with Crippen molar-refractivity contribution >= 4 is 29.8 Å². The highest BCUT2D eigenvalue weighted by molar-refractivity contribution is 7.51. The number of amides is 1. The number of rotatable bonds is 5. The maximum Gasteiger partial charge on any atom is 0.344 e. The molecule has 90 valence electrons. The monoisotopic (exact) mass is 264 g/mol. The van der Waals surface area contributed by atoms with E-state index in [-0.39, 0.29) is 0 Å². The summed E-state index contributed by atoms with van der Waals surface area (Å²) in [5.74, 6) is -0.447. The Bertz CT molecular complexity index is 389. The van der Waals surface area contributed by atoms with Crippen LogP contribution in [0, 0.1) is 0 Å². The molecule has 1 unspecified atom stereocenters. The standard InChI is InChI=1S/C8H13N2O4PS/c1-6(10-7-3-2-4-16-7)8(11)9-5-15(12,13)14/h2-4,6,10H,5H2,1H3,(H,9,11)(H2,12,13,14). The van der Waals surface area contributed by atoms with Gasteiger partial charge in [-0.2, -0.15) is 0 Å². The van der Waals surface area contributed by atoms with Crippen molar-refractivity contribution in [2.75, 3.05) is 11.6 Å². The van der Waals surface area contributed by atoms with Crippen LogP contribution in [0.15, 0.2) is 17.5 Å². The highest BCUT2D eigenvalue weighted by atomic mass is 32.1. The van der Waals surface area contributed by atoms with Gasteiger partial charge in [-0.15, -0.1) is 11.3 Å². The molecule has 0 aliphatic carbocycles. The Morgan fingerprint density at radius 1 is 1.62 bits per heavy atom. The number of hydrogen-bond acceptors (Lipinski definition) is 4. The van der Waals surface area contributed by atoms with Gasteiger partial charge in [-0.3, -0.25) is 9.36 Å². The maximum absolute atomic E-state index is 11.4. The van der Waals surface area contributed by atoms with Gasteiger partial charge in [-0.1, -0.05) is 0 Å². The normalized spacial score (nSPS) is 13.2. The zero-order chi connectivity index (χ0) is 12.2. The van der Waals surface area contributed by atoms with E-state index < -0.39 is 25.8 Å². The van der Waals surface area contributed by atoms with E-state index in [0.717, 1.165) is 5.00 Å². The predicted octanol–water partition coefficient (Wildman–Crippen LogP) is 0.800. The molecular weight excluding hydrogens is 251 g/mol. The van der Waals surface area contributed by atoms with Gasteiger partial charge >= 0.3 is 7.60 Å². The SMILES string of the molecule is CC(Nc1cccs1)C(=O)NCP(=O)(O)O. The summed E-state index contributed by atoms with van der Waals surface area (Å²) < 4.78 is 10.5. The van der Waals surface area contributed by atoms with E-state index in [4.69, 9.17) is 9.79 Å². The van der Waals surface area contributed by atoms with Crippen LogP contribution in [0.1, 0.15) is 6.92 Å². The van der Waals surface area contributed by atoms with Crippen LogP contribution in [0.5, 0.6) is 0 Å². The number of thiophene rings is 1. The van der Waals surface area contributed by atoms with Crippen molar-refractivity contribution in [3.63, 3.8) is 0 Å². The molecule has 0 bridgehead atoms. The van der Waals surface area contributed by atoms with Crippen LogP contribution < -0.4 is 10.6 Å². The molecule has 1 amide bonds. The highest BCUT2D eigenvalue weighted by Crippen LogP contribution is 2.31. The van der Waals surface area contributed by atoms with Gasteiger partial charge < -0.3 is 20.4 Å². The molecule has 4 N–H and O–H groups in total. The zero-order valence-corrected chi connectivity index (χ0v) is 10.3. The Kier molecular flexibility index (Phi) is 4.49. The van der Waals surface area contributed by atoms with Crippen molar-refractivity contribution in [3.8, 4) is 0 Å². The summed E-state index contributed by atoms with van der Waals surface area (Å²) in [5.41, 5.74) is 0. The van der Waals surface area contributed by atoms with E-state index in [1.165, 1.54) is 11.3 Å². The number of nitrogens with one attached hydrogen (secondary N) is 2. The first-order valence-electron chi connectivity index (χ1n) is 4.51. The van der Waals surface area contributed by atoms with Gasteiger partial charge in [0.05, 0.1) is 5.00 Å². The smallest absolute Gasteiger partial charge is 0.344 e. The summed E-state index contributed by atoms with van der Waals surface area (Å²) >= 11 is 1.45. The second kappa shape index (κ2) is 5.45. The van der Waals surface area contributed by atoms with Crippen molar-refractivity contribution in [1.82, 2.24) is 5.32 Å². The summed E-state index contributed by atoms with van der Waals surface area (Å²) in [4.78, 5) is 28.6. The van der Waals surface area contributed by atoms with Crippen LogP contribution in [0.25, 0.3) is 0 Å². The quantitative estimate of drug-likeness (QED) is 0.590. The van der Waals surface area contributed by atoms with Crippen LogP contribution in [-0.2, 0) is 9.36 Å². The minimum Gasteiger partial charge on any atom is -0.366 e. The van der Waals surface area contributed by atoms with E-state index in [1.807, 2.05) is 17.5 Å². The highest BCUT2D eigenvalue weighted by Gasteiger charge is 2.18. The average molecular weight is 264 g/mol. The van der Waals surface area contributed by atoms with Gasteiger partial charge in [-0.25, -0.2) is 0 Å². The van der Waals surface area contributed by atoms with E-state index in [0.29, 0.717) is 0 Å². The molecule has 1 aromatic rings. The van der Waals surface area contributed by atoms with Gasteiger partial charge in [0.2, 0.25) is 5.91 Å². The van der Waals surface area contributed by atoms with Gasteiger partial charge in [0.1, 0.15) is 12.3 Å². The fourth-order valence-electron chi connectivity index (χ4n) is 0.974. The molecule has 0 aromatic carbocycles. The first-order valence-corrected chi connectivity index (χ1v) is 7.18. The Hall–Kier alpha value is -0.880. The lowest BCUT2D eigenvalue weighted by Crippen LogP contribution is -2.37. The Labute approximate surface area is 96.8 Å². The van der Waals surface area contributed by atoms with E-state index in [9.17, 15) is 9.36 Å². The third kappa shape index (κ3) is 4.76. The van der Waals surface area contributed by atoms with Gasteiger partial charge in [0.15, 0.2) is 0 Å². The molecule has 1 atom stereocenters. The molecule has 0 aliphatic rings. The molecule has 1 heterocycles. The summed E-state index contributed by atoms with van der Waals surface area (Å²) in [5, 5.41) is 7.78. The van der Waals surface area contributed by atoms with Crippen molar-refractivity contribution in [2.24, 2.45) is 0 Å². The van der Waals surface area contributed by atoms with Crippen molar-refractivity contribution in [2.45, 2.75) is 13.0 Å². The van der Waals surface area contributed by atoms with Crippen LogP contribution in [0.4, 0.5) is 5.00 Å². The van der Waals surface area contributed by atoms with Gasteiger partial charge in [0.25, 0.3) is 0 Å². The largest absolute Gasteiger partial charge is 0.366 e. The second-order valence-corrected chi connectivity index (χ2v) is 5.80. The fraction of sp³-hybridized carbons (Fsp3) is 0.375. The second-order valence-electron chi connectivity index (χ2n) is 3.21. The minimum absolute atomic E-state index is 0.447.